The third-order valence-electron chi connectivity index (χ3n) is 4.64. The summed E-state index contributed by atoms with van der Waals surface area (Å²) in [6.07, 6.45) is 4.87. The highest BCUT2D eigenvalue weighted by Crippen LogP contribution is 2.32. The maximum Gasteiger partial charge on any atom is 0.255 e. The van der Waals surface area contributed by atoms with Crippen molar-refractivity contribution in [3.05, 3.63) is 52.7 Å². The first-order valence-corrected chi connectivity index (χ1v) is 8.98. The minimum absolute atomic E-state index is 0.161. The summed E-state index contributed by atoms with van der Waals surface area (Å²) < 4.78 is 11.1. The van der Waals surface area contributed by atoms with Crippen molar-refractivity contribution in [1.29, 1.82) is 0 Å². The first kappa shape index (κ1) is 17.1. The van der Waals surface area contributed by atoms with Gasteiger partial charge in [0.2, 0.25) is 0 Å². The Kier molecular flexibility index (Phi) is 4.54. The van der Waals surface area contributed by atoms with Gasteiger partial charge in [0, 0.05) is 13.0 Å². The van der Waals surface area contributed by atoms with Crippen LogP contribution in [0.2, 0.25) is 0 Å². The number of aromatic amines is 1. The summed E-state index contributed by atoms with van der Waals surface area (Å²) in [4.78, 5) is 12.3. The number of H-pyrrole nitrogens is 1. The molecule has 6 heteroatoms. The molecule has 0 bridgehead atoms. The molecule has 27 heavy (non-hydrogen) atoms. The van der Waals surface area contributed by atoms with E-state index in [1.54, 1.807) is 13.2 Å². The molecule has 3 aromatic rings. The van der Waals surface area contributed by atoms with Crippen LogP contribution in [-0.2, 0) is 6.42 Å². The lowest BCUT2D eigenvalue weighted by molar-refractivity contribution is 0.0953. The molecule has 0 fully saturated rings. The molecule has 0 saturated heterocycles. The molecule has 2 N–H and O–H groups in total. The van der Waals surface area contributed by atoms with Crippen molar-refractivity contribution in [2.24, 2.45) is 0 Å². The third-order valence-corrected chi connectivity index (χ3v) is 4.64. The van der Waals surface area contributed by atoms with Crippen LogP contribution in [0, 0.1) is 0 Å². The van der Waals surface area contributed by atoms with E-state index in [2.05, 4.69) is 21.6 Å². The Hall–Kier alpha value is -3.28. The van der Waals surface area contributed by atoms with Gasteiger partial charge in [-0.25, -0.2) is 0 Å². The van der Waals surface area contributed by atoms with Crippen molar-refractivity contribution < 1.29 is 14.3 Å². The summed E-state index contributed by atoms with van der Waals surface area (Å²) >= 11 is 0. The Morgan fingerprint density at radius 1 is 1.33 bits per heavy atom. The van der Waals surface area contributed by atoms with Gasteiger partial charge >= 0.3 is 0 Å². The molecule has 4 rings (SSSR count). The van der Waals surface area contributed by atoms with E-state index >= 15 is 0 Å². The number of carbonyl (C=O) groups is 1. The van der Waals surface area contributed by atoms with Gasteiger partial charge in [-0.05, 0) is 48.4 Å². The lowest BCUT2D eigenvalue weighted by atomic mass is 10.1. The van der Waals surface area contributed by atoms with Gasteiger partial charge in [0.05, 0.1) is 35.9 Å². The number of nitrogens with one attached hydrogen (secondary N) is 2. The van der Waals surface area contributed by atoms with Crippen LogP contribution in [0.5, 0.6) is 11.5 Å². The second kappa shape index (κ2) is 7.15. The van der Waals surface area contributed by atoms with Crippen LogP contribution in [0.25, 0.3) is 23.1 Å². The van der Waals surface area contributed by atoms with E-state index in [0.717, 1.165) is 40.9 Å². The average Bonchev–Trinajstić information content (AvgIpc) is 3.32. The zero-order valence-corrected chi connectivity index (χ0v) is 15.3. The van der Waals surface area contributed by atoms with E-state index in [0.29, 0.717) is 17.9 Å². The van der Waals surface area contributed by atoms with Gasteiger partial charge < -0.3 is 14.8 Å². The van der Waals surface area contributed by atoms with Crippen molar-refractivity contribution in [3.8, 4) is 11.5 Å². The molecule has 0 spiro atoms. The topological polar surface area (TPSA) is 76.2 Å². The molecule has 138 valence electrons. The minimum Gasteiger partial charge on any atom is -0.495 e. The van der Waals surface area contributed by atoms with Gasteiger partial charge in [-0.3, -0.25) is 9.89 Å². The molecule has 0 radical (unpaired) electrons. The SMILES string of the molecule is CCNC(=O)c1ccc2[nH]nc(/C=C/c3ccc4c(c3)CCO4)c2c1OC. The Balaban J connectivity index is 1.73. The van der Waals surface area contributed by atoms with E-state index in [1.807, 2.05) is 37.3 Å². The van der Waals surface area contributed by atoms with Crippen LogP contribution in [-0.4, -0.2) is 36.4 Å². The molecule has 0 unspecified atom stereocenters. The van der Waals surface area contributed by atoms with Gasteiger partial charge in [-0.2, -0.15) is 5.10 Å². The maximum absolute atomic E-state index is 12.3. The molecule has 6 nitrogen and oxygen atoms in total. The molecule has 0 aliphatic carbocycles. The highest BCUT2D eigenvalue weighted by atomic mass is 16.5. The average molecular weight is 363 g/mol. The number of amides is 1. The summed E-state index contributed by atoms with van der Waals surface area (Å²) in [6.45, 7) is 3.18. The van der Waals surface area contributed by atoms with E-state index in [4.69, 9.17) is 9.47 Å². The number of ether oxygens (including phenoxy) is 2. The van der Waals surface area contributed by atoms with Crippen molar-refractivity contribution in [1.82, 2.24) is 15.5 Å². The molecule has 2 heterocycles. The number of rotatable bonds is 5. The normalized spacial score (nSPS) is 13.0. The van der Waals surface area contributed by atoms with Crippen LogP contribution in [0.15, 0.2) is 30.3 Å². The second-order valence-electron chi connectivity index (χ2n) is 6.34. The molecule has 1 aliphatic heterocycles. The number of methoxy groups -OCH3 is 1. The van der Waals surface area contributed by atoms with Crippen LogP contribution < -0.4 is 14.8 Å². The number of carbonyl (C=O) groups excluding carboxylic acids is 1. The summed E-state index contributed by atoms with van der Waals surface area (Å²) in [5.74, 6) is 1.32. The van der Waals surface area contributed by atoms with Crippen molar-refractivity contribution in [2.75, 3.05) is 20.3 Å². The van der Waals surface area contributed by atoms with Crippen LogP contribution in [0.4, 0.5) is 0 Å². The smallest absolute Gasteiger partial charge is 0.255 e. The standard InChI is InChI=1S/C21H21N3O3/c1-3-22-21(25)15-6-8-17-19(20(15)26-2)16(23-24-17)7-4-13-5-9-18-14(12-13)10-11-27-18/h4-9,12H,3,10-11H2,1-2H3,(H,22,25)(H,23,24)/b7-4+. The zero-order chi connectivity index (χ0) is 18.8. The molecular weight excluding hydrogens is 342 g/mol. The summed E-state index contributed by atoms with van der Waals surface area (Å²) in [7, 11) is 1.57. The fourth-order valence-corrected chi connectivity index (χ4v) is 3.36. The van der Waals surface area contributed by atoms with Crippen molar-refractivity contribution >= 4 is 29.0 Å². The zero-order valence-electron chi connectivity index (χ0n) is 15.3. The Bertz CT molecular complexity index is 1040. The van der Waals surface area contributed by atoms with Gasteiger partial charge in [0.15, 0.2) is 0 Å². The summed E-state index contributed by atoms with van der Waals surface area (Å²) in [6, 6.07) is 9.74. The first-order valence-electron chi connectivity index (χ1n) is 8.98. The van der Waals surface area contributed by atoms with Gasteiger partial charge in [0.25, 0.3) is 5.91 Å². The largest absolute Gasteiger partial charge is 0.495 e. The monoisotopic (exact) mass is 363 g/mol. The van der Waals surface area contributed by atoms with Gasteiger partial charge in [0.1, 0.15) is 11.5 Å². The van der Waals surface area contributed by atoms with Crippen LogP contribution >= 0.6 is 0 Å². The predicted octanol–water partition coefficient (Wildman–Crippen LogP) is 3.43. The molecular formula is C21H21N3O3. The van der Waals surface area contributed by atoms with Gasteiger partial charge in [-0.15, -0.1) is 0 Å². The fourth-order valence-electron chi connectivity index (χ4n) is 3.36. The summed E-state index contributed by atoms with van der Waals surface area (Å²) in [5.41, 5.74) is 4.35. The number of aromatic nitrogens is 2. The minimum atomic E-state index is -0.161. The number of hydrogen-bond acceptors (Lipinski definition) is 4. The number of fused-ring (bicyclic) bond motifs is 2. The van der Waals surface area contributed by atoms with Crippen molar-refractivity contribution in [2.45, 2.75) is 13.3 Å². The lowest BCUT2D eigenvalue weighted by Gasteiger charge is -2.09. The molecule has 2 aromatic carbocycles. The first-order chi connectivity index (χ1) is 13.2. The molecule has 1 aliphatic rings. The van der Waals surface area contributed by atoms with E-state index in [9.17, 15) is 4.79 Å². The van der Waals surface area contributed by atoms with Crippen LogP contribution in [0.3, 0.4) is 0 Å². The Morgan fingerprint density at radius 2 is 2.22 bits per heavy atom. The highest BCUT2D eigenvalue weighted by molar-refractivity contribution is 6.05. The maximum atomic E-state index is 12.3. The molecule has 1 aromatic heterocycles. The van der Waals surface area contributed by atoms with Crippen LogP contribution in [0.1, 0.15) is 34.1 Å². The number of hydrogen-bond donors (Lipinski definition) is 2. The van der Waals surface area contributed by atoms with E-state index in [1.165, 1.54) is 5.56 Å². The molecule has 0 atom stereocenters. The summed E-state index contributed by atoms with van der Waals surface area (Å²) in [5, 5.41) is 11.0. The third kappa shape index (κ3) is 3.14. The Labute approximate surface area is 157 Å². The predicted molar refractivity (Wildman–Crippen MR) is 105 cm³/mol. The quantitative estimate of drug-likeness (QED) is 0.728. The number of benzene rings is 2. The van der Waals surface area contributed by atoms with Crippen molar-refractivity contribution in [3.63, 3.8) is 0 Å². The second-order valence-corrected chi connectivity index (χ2v) is 6.34. The highest BCUT2D eigenvalue weighted by Gasteiger charge is 2.18. The lowest BCUT2D eigenvalue weighted by Crippen LogP contribution is -2.23. The molecule has 0 saturated carbocycles. The van der Waals surface area contributed by atoms with E-state index in [-0.39, 0.29) is 5.91 Å². The molecule has 1 amide bonds. The van der Waals surface area contributed by atoms with E-state index < -0.39 is 0 Å². The fraction of sp³-hybridized carbons (Fsp3) is 0.238. The van der Waals surface area contributed by atoms with Gasteiger partial charge in [-0.1, -0.05) is 12.1 Å². The number of nitrogens with zero attached hydrogens (tertiary/aromatic N) is 1. The Morgan fingerprint density at radius 3 is 3.04 bits per heavy atom.